The molecule has 1 aromatic carbocycles. The van der Waals surface area contributed by atoms with Crippen molar-refractivity contribution in [2.45, 2.75) is 19.4 Å². The Morgan fingerprint density at radius 2 is 1.93 bits per heavy atom. The van der Waals surface area contributed by atoms with Crippen LogP contribution < -0.4 is 21.5 Å². The summed E-state index contributed by atoms with van der Waals surface area (Å²) in [5, 5.41) is 3.11. The van der Waals surface area contributed by atoms with Crippen molar-refractivity contribution in [2.75, 3.05) is 23.9 Å². The Bertz CT molecular complexity index is 980. The first-order valence-electron chi connectivity index (χ1n) is 8.80. The maximum absolute atomic E-state index is 11.2. The second kappa shape index (κ2) is 9.31. The minimum Gasteiger partial charge on any atom is -0.469 e. The van der Waals surface area contributed by atoms with E-state index in [-0.39, 0.29) is 11.9 Å². The molecule has 5 N–H and O–H groups in total. The van der Waals surface area contributed by atoms with Crippen molar-refractivity contribution in [3.05, 3.63) is 54.0 Å². The molecule has 0 bridgehead atoms. The average molecular weight is 395 g/mol. The van der Waals surface area contributed by atoms with Crippen molar-refractivity contribution < 1.29 is 14.3 Å². The van der Waals surface area contributed by atoms with E-state index in [0.29, 0.717) is 48.2 Å². The predicted molar refractivity (Wildman–Crippen MR) is 107 cm³/mol. The van der Waals surface area contributed by atoms with E-state index in [9.17, 15) is 4.79 Å². The van der Waals surface area contributed by atoms with Gasteiger partial charge in [-0.1, -0.05) is 12.1 Å². The molecule has 150 valence electrons. The fourth-order valence-corrected chi connectivity index (χ4v) is 2.44. The minimum absolute atomic E-state index is 0.125. The Morgan fingerprint density at radius 1 is 1.14 bits per heavy atom. The number of nitrogens with zero attached hydrogens (tertiary/aromatic N) is 4. The van der Waals surface area contributed by atoms with Gasteiger partial charge in [0.05, 0.1) is 7.11 Å². The van der Waals surface area contributed by atoms with Gasteiger partial charge in [-0.3, -0.25) is 4.79 Å². The lowest BCUT2D eigenvalue weighted by atomic mass is 10.1. The molecular formula is C19H21N7O3. The number of anilines is 3. The number of esters is 1. The minimum atomic E-state index is -0.237. The van der Waals surface area contributed by atoms with Crippen LogP contribution in [-0.2, 0) is 22.5 Å². The van der Waals surface area contributed by atoms with Crippen LogP contribution in [0.2, 0.25) is 0 Å². The van der Waals surface area contributed by atoms with Crippen LogP contribution >= 0.6 is 0 Å². The van der Waals surface area contributed by atoms with E-state index in [1.807, 2.05) is 24.3 Å². The molecule has 10 heteroatoms. The summed E-state index contributed by atoms with van der Waals surface area (Å²) in [5.41, 5.74) is 13.0. The lowest BCUT2D eigenvalue weighted by Gasteiger charge is -2.09. The smallest absolute Gasteiger partial charge is 0.305 e. The maximum Gasteiger partial charge on any atom is 0.305 e. The summed E-state index contributed by atoms with van der Waals surface area (Å²) in [6, 6.07) is 9.08. The van der Waals surface area contributed by atoms with Crippen LogP contribution in [0.4, 0.5) is 17.6 Å². The summed E-state index contributed by atoms with van der Waals surface area (Å²) < 4.78 is 10.4. The molecule has 0 aliphatic heterocycles. The van der Waals surface area contributed by atoms with E-state index in [2.05, 4.69) is 30.0 Å². The summed E-state index contributed by atoms with van der Waals surface area (Å²) in [6.07, 6.45) is 3.89. The summed E-state index contributed by atoms with van der Waals surface area (Å²) >= 11 is 0. The highest BCUT2D eigenvalue weighted by Gasteiger charge is 2.06. The highest BCUT2D eigenvalue weighted by Crippen LogP contribution is 2.22. The topological polar surface area (TPSA) is 151 Å². The number of nitrogens with one attached hydrogen (secondary N) is 1. The molecule has 0 atom stereocenters. The number of aryl methyl sites for hydroxylation is 1. The van der Waals surface area contributed by atoms with Gasteiger partial charge < -0.3 is 26.3 Å². The van der Waals surface area contributed by atoms with Crippen molar-refractivity contribution >= 4 is 23.6 Å². The van der Waals surface area contributed by atoms with Gasteiger partial charge in [-0.2, -0.15) is 4.98 Å². The van der Waals surface area contributed by atoms with E-state index in [4.69, 9.17) is 16.2 Å². The Labute approximate surface area is 167 Å². The van der Waals surface area contributed by atoms with Gasteiger partial charge in [-0.15, -0.1) is 0 Å². The SMILES string of the molecule is COC(=O)CCc1ccc(Oc2cc(NCc3cnc(N)nc3N)ncn2)cc1. The molecule has 0 aliphatic rings. The van der Waals surface area contributed by atoms with Crippen molar-refractivity contribution in [2.24, 2.45) is 0 Å². The number of aromatic nitrogens is 4. The number of rotatable bonds is 8. The zero-order valence-electron chi connectivity index (χ0n) is 15.8. The quantitative estimate of drug-likeness (QED) is 0.482. The summed E-state index contributed by atoms with van der Waals surface area (Å²) in [5.74, 6) is 1.75. The lowest BCUT2D eigenvalue weighted by Crippen LogP contribution is -2.08. The van der Waals surface area contributed by atoms with Crippen molar-refractivity contribution in [3.63, 3.8) is 0 Å². The molecule has 0 saturated carbocycles. The molecule has 2 heterocycles. The maximum atomic E-state index is 11.2. The third kappa shape index (κ3) is 5.76. The zero-order valence-corrected chi connectivity index (χ0v) is 15.8. The van der Waals surface area contributed by atoms with Crippen LogP contribution in [0.1, 0.15) is 17.5 Å². The largest absolute Gasteiger partial charge is 0.469 e. The molecule has 0 unspecified atom stereocenters. The van der Waals surface area contributed by atoms with Gasteiger partial charge >= 0.3 is 5.97 Å². The zero-order chi connectivity index (χ0) is 20.6. The molecule has 0 saturated heterocycles. The Balaban J connectivity index is 1.58. The average Bonchev–Trinajstić information content (AvgIpc) is 2.72. The van der Waals surface area contributed by atoms with E-state index in [0.717, 1.165) is 5.56 Å². The molecule has 29 heavy (non-hydrogen) atoms. The molecule has 3 rings (SSSR count). The summed E-state index contributed by atoms with van der Waals surface area (Å²) in [7, 11) is 1.38. The highest BCUT2D eigenvalue weighted by atomic mass is 16.5. The summed E-state index contributed by atoms with van der Waals surface area (Å²) in [6.45, 7) is 0.372. The molecule has 0 spiro atoms. The first-order valence-corrected chi connectivity index (χ1v) is 8.80. The van der Waals surface area contributed by atoms with E-state index >= 15 is 0 Å². The Hall–Kier alpha value is -3.95. The number of benzene rings is 1. The van der Waals surface area contributed by atoms with Gasteiger partial charge in [0, 0.05) is 30.8 Å². The number of hydrogen-bond donors (Lipinski definition) is 3. The summed E-state index contributed by atoms with van der Waals surface area (Å²) in [4.78, 5) is 27.3. The molecule has 0 fully saturated rings. The van der Waals surface area contributed by atoms with Gasteiger partial charge in [0.1, 0.15) is 23.7 Å². The number of nitrogen functional groups attached to an aromatic ring is 2. The first-order chi connectivity index (χ1) is 14.0. The first kappa shape index (κ1) is 19.8. The van der Waals surface area contributed by atoms with Crippen LogP contribution in [-0.4, -0.2) is 33.0 Å². The van der Waals surface area contributed by atoms with Crippen molar-refractivity contribution in [1.82, 2.24) is 19.9 Å². The third-order valence-corrected chi connectivity index (χ3v) is 4.01. The molecule has 2 aromatic heterocycles. The normalized spacial score (nSPS) is 10.4. The number of carbonyl (C=O) groups excluding carboxylic acids is 1. The Kier molecular flexibility index (Phi) is 6.36. The Morgan fingerprint density at radius 3 is 2.66 bits per heavy atom. The monoisotopic (exact) mass is 395 g/mol. The number of nitrogens with two attached hydrogens (primary N) is 2. The standard InChI is InChI=1S/C19H21N7O3/c1-28-17(27)7-4-12-2-5-14(6-3-12)29-16-8-15(24-11-25-16)22-9-13-10-23-19(21)26-18(13)20/h2-3,5-6,8,10-11H,4,7,9H2,1H3,(H,22,24,25)(H4,20,21,23,26). The van der Waals surface area contributed by atoms with Gasteiger partial charge in [-0.05, 0) is 24.1 Å². The second-order valence-electron chi connectivity index (χ2n) is 6.06. The van der Waals surface area contributed by atoms with Crippen LogP contribution in [0.5, 0.6) is 11.6 Å². The second-order valence-corrected chi connectivity index (χ2v) is 6.06. The number of ether oxygens (including phenoxy) is 2. The van der Waals surface area contributed by atoms with Crippen molar-refractivity contribution in [1.29, 1.82) is 0 Å². The number of methoxy groups -OCH3 is 1. The van der Waals surface area contributed by atoms with Crippen LogP contribution in [0.15, 0.2) is 42.9 Å². The molecule has 10 nitrogen and oxygen atoms in total. The van der Waals surface area contributed by atoms with Gasteiger partial charge in [0.2, 0.25) is 11.8 Å². The van der Waals surface area contributed by atoms with E-state index in [1.165, 1.54) is 13.4 Å². The molecule has 0 amide bonds. The van der Waals surface area contributed by atoms with E-state index in [1.54, 1.807) is 12.3 Å². The number of hydrogen-bond acceptors (Lipinski definition) is 10. The van der Waals surface area contributed by atoms with E-state index < -0.39 is 0 Å². The van der Waals surface area contributed by atoms with Gasteiger partial charge in [-0.25, -0.2) is 15.0 Å². The molecule has 0 aliphatic carbocycles. The molecule has 0 radical (unpaired) electrons. The van der Waals surface area contributed by atoms with Crippen molar-refractivity contribution in [3.8, 4) is 11.6 Å². The fourth-order valence-electron chi connectivity index (χ4n) is 2.44. The lowest BCUT2D eigenvalue weighted by molar-refractivity contribution is -0.140. The van der Waals surface area contributed by atoms with Crippen LogP contribution in [0.25, 0.3) is 0 Å². The van der Waals surface area contributed by atoms with Gasteiger partial charge in [0.15, 0.2) is 0 Å². The highest BCUT2D eigenvalue weighted by molar-refractivity contribution is 5.69. The third-order valence-electron chi connectivity index (χ3n) is 4.01. The van der Waals surface area contributed by atoms with Crippen LogP contribution in [0.3, 0.4) is 0 Å². The van der Waals surface area contributed by atoms with Crippen LogP contribution in [0, 0.1) is 0 Å². The fraction of sp³-hybridized carbons (Fsp3) is 0.211. The predicted octanol–water partition coefficient (Wildman–Crippen LogP) is 1.94. The molecular weight excluding hydrogens is 374 g/mol. The van der Waals surface area contributed by atoms with Gasteiger partial charge in [0.25, 0.3) is 0 Å². The molecule has 3 aromatic rings. The number of carbonyl (C=O) groups is 1.